The molecule has 5 heterocycles. The molecule has 6 rings (SSSR count). The first-order chi connectivity index (χ1) is 15.3. The first-order valence-electron chi connectivity index (χ1n) is 10.9. The number of H-pyrrole nitrogens is 1. The molecular weight excluding hydrogens is 406 g/mol. The lowest BCUT2D eigenvalue weighted by Crippen LogP contribution is -2.54. The number of piperidine rings is 2. The minimum absolute atomic E-state index is 0.527. The maximum Gasteiger partial charge on any atom is 0.151 e. The van der Waals surface area contributed by atoms with E-state index < -0.39 is 0 Å². The molecule has 2 fully saturated rings. The number of aromatic nitrogens is 5. The smallest absolute Gasteiger partial charge is 0.151 e. The maximum absolute atomic E-state index is 4.61. The van der Waals surface area contributed by atoms with Crippen molar-refractivity contribution in [2.24, 2.45) is 0 Å². The van der Waals surface area contributed by atoms with Crippen molar-refractivity contribution in [2.45, 2.75) is 50.2 Å². The molecule has 0 amide bonds. The summed E-state index contributed by atoms with van der Waals surface area (Å²) < 4.78 is 1.13. The zero-order valence-corrected chi connectivity index (χ0v) is 18.3. The van der Waals surface area contributed by atoms with Gasteiger partial charge < -0.3 is 10.2 Å². The zero-order chi connectivity index (χ0) is 20.8. The molecule has 0 spiro atoms. The molecule has 2 aliphatic heterocycles. The summed E-state index contributed by atoms with van der Waals surface area (Å²) in [5.74, 6) is 0.948. The molecule has 2 aliphatic rings. The summed E-state index contributed by atoms with van der Waals surface area (Å²) in [6.45, 7) is 0. The number of aromatic amines is 1. The number of benzene rings is 1. The molecule has 31 heavy (non-hydrogen) atoms. The van der Waals surface area contributed by atoms with Crippen molar-refractivity contribution in [2.75, 3.05) is 11.9 Å². The Hall–Kier alpha value is -2.84. The number of nitrogens with one attached hydrogen (secondary N) is 2. The second-order valence-electron chi connectivity index (χ2n) is 8.68. The number of hydrogen-bond acceptors (Lipinski definition) is 7. The lowest BCUT2D eigenvalue weighted by atomic mass is 9.83. The standard InChI is InChI=1S/C23H25N7S/c1-30(17-9-15-3-2-4-16(10-17)27-15)21-8-7-20(28-29-21)19-6-5-18(14-11-25-26-12-14)22-23(19)31-13-24-22/h5-8,11-13,15-17,27H,2-4,9-10H2,1H3,(H,25,26). The Labute approximate surface area is 184 Å². The minimum Gasteiger partial charge on any atom is -0.355 e. The summed E-state index contributed by atoms with van der Waals surface area (Å²) in [5.41, 5.74) is 6.94. The van der Waals surface area contributed by atoms with Gasteiger partial charge in [-0.05, 0) is 37.8 Å². The SMILES string of the molecule is CN(c1ccc(-c2ccc(-c3cn[nH]c3)c3ncsc23)nn1)C1CC2CCCC(C1)N2. The van der Waals surface area contributed by atoms with E-state index in [0.29, 0.717) is 18.1 Å². The average molecular weight is 432 g/mol. The highest BCUT2D eigenvalue weighted by Gasteiger charge is 2.33. The van der Waals surface area contributed by atoms with Crippen LogP contribution in [0.4, 0.5) is 5.82 Å². The van der Waals surface area contributed by atoms with Gasteiger partial charge in [0.2, 0.25) is 0 Å². The van der Waals surface area contributed by atoms with E-state index >= 15 is 0 Å². The number of rotatable bonds is 4. The number of anilines is 1. The van der Waals surface area contributed by atoms with Crippen LogP contribution in [0.5, 0.6) is 0 Å². The quantitative estimate of drug-likeness (QED) is 0.503. The Morgan fingerprint density at radius 3 is 2.61 bits per heavy atom. The zero-order valence-electron chi connectivity index (χ0n) is 17.5. The highest BCUT2D eigenvalue weighted by atomic mass is 32.1. The third-order valence-electron chi connectivity index (χ3n) is 6.82. The van der Waals surface area contributed by atoms with Crippen LogP contribution >= 0.6 is 11.3 Å². The molecular formula is C23H25N7S. The van der Waals surface area contributed by atoms with Crippen molar-refractivity contribution in [3.8, 4) is 22.4 Å². The van der Waals surface area contributed by atoms with Gasteiger partial charge >= 0.3 is 0 Å². The predicted octanol–water partition coefficient (Wildman–Crippen LogP) is 4.25. The van der Waals surface area contributed by atoms with Gasteiger partial charge in [-0.2, -0.15) is 5.10 Å². The van der Waals surface area contributed by atoms with Gasteiger partial charge in [-0.15, -0.1) is 21.5 Å². The van der Waals surface area contributed by atoms with Gasteiger partial charge in [-0.1, -0.05) is 18.6 Å². The van der Waals surface area contributed by atoms with Crippen LogP contribution in [0, 0.1) is 0 Å². The molecule has 7 nitrogen and oxygen atoms in total. The van der Waals surface area contributed by atoms with Gasteiger partial charge in [0.25, 0.3) is 0 Å². The van der Waals surface area contributed by atoms with E-state index in [4.69, 9.17) is 0 Å². The number of hydrogen-bond donors (Lipinski definition) is 2. The molecule has 8 heteroatoms. The first kappa shape index (κ1) is 18.9. The Morgan fingerprint density at radius 2 is 1.87 bits per heavy atom. The molecule has 2 atom stereocenters. The van der Waals surface area contributed by atoms with E-state index in [1.54, 1.807) is 11.3 Å². The highest BCUT2D eigenvalue weighted by Crippen LogP contribution is 2.36. The average Bonchev–Trinajstić information content (AvgIpc) is 3.50. The van der Waals surface area contributed by atoms with E-state index in [1.165, 1.54) is 32.1 Å². The molecule has 4 aromatic rings. The van der Waals surface area contributed by atoms with Gasteiger partial charge in [0.15, 0.2) is 5.82 Å². The van der Waals surface area contributed by atoms with Crippen LogP contribution < -0.4 is 10.2 Å². The van der Waals surface area contributed by atoms with Crippen molar-refractivity contribution in [1.29, 1.82) is 0 Å². The normalized spacial score (nSPS) is 23.2. The fraction of sp³-hybridized carbons (Fsp3) is 0.391. The summed E-state index contributed by atoms with van der Waals surface area (Å²) in [4.78, 5) is 6.94. The Bertz CT molecular complexity index is 1170. The van der Waals surface area contributed by atoms with E-state index in [2.05, 4.69) is 66.9 Å². The van der Waals surface area contributed by atoms with Gasteiger partial charge in [-0.25, -0.2) is 4.98 Å². The van der Waals surface area contributed by atoms with Crippen LogP contribution in [0.2, 0.25) is 0 Å². The van der Waals surface area contributed by atoms with E-state index in [1.807, 2.05) is 17.9 Å². The van der Waals surface area contributed by atoms with Crippen molar-refractivity contribution in [1.82, 2.24) is 30.7 Å². The lowest BCUT2D eigenvalue weighted by molar-refractivity contribution is 0.219. The van der Waals surface area contributed by atoms with Crippen molar-refractivity contribution < 1.29 is 0 Å². The Balaban J connectivity index is 1.28. The van der Waals surface area contributed by atoms with Crippen molar-refractivity contribution in [3.63, 3.8) is 0 Å². The lowest BCUT2D eigenvalue weighted by Gasteiger charge is -2.43. The molecule has 0 aliphatic carbocycles. The number of fused-ring (bicyclic) bond motifs is 3. The van der Waals surface area contributed by atoms with Crippen LogP contribution in [0.25, 0.3) is 32.6 Å². The second kappa shape index (κ2) is 7.69. The maximum atomic E-state index is 4.61. The monoisotopic (exact) mass is 431 g/mol. The third kappa shape index (κ3) is 3.40. The minimum atomic E-state index is 0.527. The molecule has 2 bridgehead atoms. The summed E-state index contributed by atoms with van der Waals surface area (Å²) in [6, 6.07) is 10.2. The number of nitrogens with zero attached hydrogens (tertiary/aromatic N) is 5. The fourth-order valence-electron chi connectivity index (χ4n) is 5.18. The summed E-state index contributed by atoms with van der Waals surface area (Å²) in [7, 11) is 2.16. The molecule has 0 radical (unpaired) electrons. The van der Waals surface area contributed by atoms with Crippen LogP contribution in [-0.2, 0) is 0 Å². The highest BCUT2D eigenvalue weighted by molar-refractivity contribution is 7.17. The van der Waals surface area contributed by atoms with Crippen LogP contribution in [0.15, 0.2) is 42.2 Å². The van der Waals surface area contributed by atoms with Crippen molar-refractivity contribution >= 4 is 27.4 Å². The molecule has 3 aromatic heterocycles. The summed E-state index contributed by atoms with van der Waals surface area (Å²) >= 11 is 1.64. The fourth-order valence-corrected chi connectivity index (χ4v) is 6.02. The predicted molar refractivity (Wildman–Crippen MR) is 124 cm³/mol. The van der Waals surface area contributed by atoms with E-state index in [9.17, 15) is 0 Å². The van der Waals surface area contributed by atoms with E-state index in [0.717, 1.165) is 38.4 Å². The third-order valence-corrected chi connectivity index (χ3v) is 7.68. The topological polar surface area (TPSA) is 82.6 Å². The van der Waals surface area contributed by atoms with Crippen LogP contribution in [0.1, 0.15) is 32.1 Å². The van der Waals surface area contributed by atoms with E-state index in [-0.39, 0.29) is 0 Å². The van der Waals surface area contributed by atoms with Crippen LogP contribution in [-0.4, -0.2) is 50.6 Å². The Kier molecular flexibility index (Phi) is 4.69. The Morgan fingerprint density at radius 1 is 1.03 bits per heavy atom. The second-order valence-corrected chi connectivity index (χ2v) is 9.54. The van der Waals surface area contributed by atoms with Gasteiger partial charge in [0.05, 0.1) is 27.6 Å². The molecule has 158 valence electrons. The van der Waals surface area contributed by atoms with Gasteiger partial charge in [0, 0.05) is 48.1 Å². The first-order valence-corrected chi connectivity index (χ1v) is 11.8. The number of thiazole rings is 1. The molecule has 2 unspecified atom stereocenters. The molecule has 1 aromatic carbocycles. The molecule has 0 saturated carbocycles. The summed E-state index contributed by atoms with van der Waals surface area (Å²) in [5, 5.41) is 20.0. The van der Waals surface area contributed by atoms with Crippen molar-refractivity contribution in [3.05, 3.63) is 42.2 Å². The summed E-state index contributed by atoms with van der Waals surface area (Å²) in [6.07, 6.45) is 10.1. The largest absolute Gasteiger partial charge is 0.355 e. The molecule has 2 N–H and O–H groups in total. The van der Waals surface area contributed by atoms with Gasteiger partial charge in [0.1, 0.15) is 0 Å². The molecule has 2 saturated heterocycles. The van der Waals surface area contributed by atoms with Gasteiger partial charge in [-0.3, -0.25) is 5.10 Å². The van der Waals surface area contributed by atoms with Crippen LogP contribution in [0.3, 0.4) is 0 Å².